The Hall–Kier alpha value is 1.41. The van der Waals surface area contributed by atoms with Crippen LogP contribution >= 0.6 is 45.2 Å². The summed E-state index contributed by atoms with van der Waals surface area (Å²) in [6.07, 6.45) is 3.93. The summed E-state index contributed by atoms with van der Waals surface area (Å²) >= 11 is 3.95. The second-order valence-corrected chi connectivity index (χ2v) is 11.6. The molecule has 5 heteroatoms. The summed E-state index contributed by atoms with van der Waals surface area (Å²) in [6.45, 7) is 0. The van der Waals surface area contributed by atoms with Gasteiger partial charge in [-0.1, -0.05) is 58.0 Å². The molecule has 0 heterocycles. The Morgan fingerprint density at radius 3 is 2.00 bits per heavy atom. The van der Waals surface area contributed by atoms with Crippen LogP contribution in [0.4, 0.5) is 0 Å². The molecule has 0 saturated heterocycles. The van der Waals surface area contributed by atoms with Gasteiger partial charge in [0.05, 0.1) is 5.25 Å². The third-order valence-corrected chi connectivity index (χ3v) is 8.17. The molecule has 0 amide bonds. The molecule has 0 radical (unpaired) electrons. The minimum absolute atomic E-state index is 0.0405. The number of sulfone groups is 1. The molecule has 0 N–H and O–H groups in total. The van der Waals surface area contributed by atoms with Crippen LogP contribution in [0.3, 0.4) is 0 Å². The second kappa shape index (κ2) is 4.08. The average Bonchev–Trinajstić information content (AvgIpc) is 2.37. The van der Waals surface area contributed by atoms with Crippen LogP contribution in [0, 0.1) is 0 Å². The summed E-state index contributed by atoms with van der Waals surface area (Å²) < 4.78 is 22.8. The van der Waals surface area contributed by atoms with Gasteiger partial charge in [0.25, 0.3) is 0 Å². The van der Waals surface area contributed by atoms with E-state index in [9.17, 15) is 8.42 Å². The molecule has 0 aromatic rings. The Labute approximate surface area is 94.7 Å². The van der Waals surface area contributed by atoms with Crippen molar-refractivity contribution in [2.45, 2.75) is 32.2 Å². The SMILES string of the molecule is O=S(=O)(C(I)I)C1CCCC1. The number of hydrogen-bond acceptors (Lipinski definition) is 2. The highest BCUT2D eigenvalue weighted by molar-refractivity contribution is 14.2. The molecular weight excluding hydrogens is 390 g/mol. The molecule has 0 atom stereocenters. The maximum atomic E-state index is 11.5. The largest absolute Gasteiger partial charge is 0.227 e. The standard InChI is InChI=1S/C6H10I2O2S/c7-6(8)11(9,10)5-3-1-2-4-5/h5-6H,1-4H2. The Bertz CT molecular complexity index is 217. The lowest BCUT2D eigenvalue weighted by Crippen LogP contribution is -2.22. The van der Waals surface area contributed by atoms with E-state index in [1.165, 1.54) is 0 Å². The Balaban J connectivity index is 2.72. The van der Waals surface area contributed by atoms with E-state index in [2.05, 4.69) is 0 Å². The molecule has 11 heavy (non-hydrogen) atoms. The molecule has 0 aromatic carbocycles. The molecule has 0 bridgehead atoms. The highest BCUT2D eigenvalue weighted by Gasteiger charge is 2.32. The summed E-state index contributed by atoms with van der Waals surface area (Å²) in [7, 11) is -2.80. The van der Waals surface area contributed by atoms with Gasteiger partial charge in [0.1, 0.15) is 0 Å². The van der Waals surface area contributed by atoms with Gasteiger partial charge >= 0.3 is 0 Å². The first-order valence-electron chi connectivity index (χ1n) is 3.56. The summed E-state index contributed by atoms with van der Waals surface area (Å²) in [4.78, 5) is 0. The minimum Gasteiger partial charge on any atom is -0.227 e. The molecular formula is C6H10I2O2S. The fourth-order valence-electron chi connectivity index (χ4n) is 1.36. The van der Waals surface area contributed by atoms with Crippen molar-refractivity contribution in [3.05, 3.63) is 0 Å². The van der Waals surface area contributed by atoms with E-state index in [1.807, 2.05) is 45.2 Å². The highest BCUT2D eigenvalue weighted by atomic mass is 127. The molecule has 1 saturated carbocycles. The van der Waals surface area contributed by atoms with Crippen LogP contribution in [0.15, 0.2) is 0 Å². The van der Waals surface area contributed by atoms with Gasteiger partial charge in [0.15, 0.2) is 11.1 Å². The predicted octanol–water partition coefficient (Wildman–Crippen LogP) is 2.50. The lowest BCUT2D eigenvalue weighted by atomic mass is 10.4. The Morgan fingerprint density at radius 2 is 1.64 bits per heavy atom. The zero-order valence-corrected chi connectivity index (χ0v) is 11.1. The molecule has 0 spiro atoms. The summed E-state index contributed by atoms with van der Waals surface area (Å²) in [5.74, 6) is 0. The molecule has 1 aliphatic carbocycles. The molecule has 1 rings (SSSR count). The minimum atomic E-state index is -2.80. The van der Waals surface area contributed by atoms with Crippen molar-refractivity contribution in [1.29, 1.82) is 0 Å². The van der Waals surface area contributed by atoms with Crippen molar-refractivity contribution >= 4 is 55.0 Å². The van der Waals surface area contributed by atoms with Crippen LogP contribution in [0.2, 0.25) is 0 Å². The fraction of sp³-hybridized carbons (Fsp3) is 1.00. The number of rotatable bonds is 2. The maximum Gasteiger partial charge on any atom is 0.174 e. The summed E-state index contributed by atoms with van der Waals surface area (Å²) in [6, 6.07) is 0. The molecule has 1 aliphatic rings. The number of alkyl halides is 2. The molecule has 0 aliphatic heterocycles. The zero-order valence-electron chi connectivity index (χ0n) is 5.96. The third-order valence-electron chi connectivity index (χ3n) is 2.02. The van der Waals surface area contributed by atoms with Crippen molar-refractivity contribution in [2.75, 3.05) is 0 Å². The van der Waals surface area contributed by atoms with E-state index in [1.54, 1.807) is 0 Å². The van der Waals surface area contributed by atoms with E-state index in [4.69, 9.17) is 0 Å². The van der Waals surface area contributed by atoms with Crippen molar-refractivity contribution in [1.82, 2.24) is 0 Å². The van der Waals surface area contributed by atoms with Crippen molar-refractivity contribution < 1.29 is 8.42 Å². The first kappa shape index (κ1) is 10.5. The van der Waals surface area contributed by atoms with Gasteiger partial charge in [-0.3, -0.25) is 0 Å². The summed E-state index contributed by atoms with van der Waals surface area (Å²) in [5.41, 5.74) is 0. The lowest BCUT2D eigenvalue weighted by Gasteiger charge is -2.11. The van der Waals surface area contributed by atoms with Gasteiger partial charge in [0.2, 0.25) is 0 Å². The van der Waals surface area contributed by atoms with Crippen molar-refractivity contribution in [3.63, 3.8) is 0 Å². The highest BCUT2D eigenvalue weighted by Crippen LogP contribution is 2.31. The number of hydrogen-bond donors (Lipinski definition) is 0. The normalized spacial score (nSPS) is 21.4. The van der Waals surface area contributed by atoms with Crippen molar-refractivity contribution in [3.8, 4) is 0 Å². The average molecular weight is 400 g/mol. The summed E-state index contributed by atoms with van der Waals surface area (Å²) in [5, 5.41) is -0.0405. The fourth-order valence-corrected chi connectivity index (χ4v) is 5.13. The Morgan fingerprint density at radius 1 is 1.18 bits per heavy atom. The van der Waals surface area contributed by atoms with Gasteiger partial charge in [-0.25, -0.2) is 8.42 Å². The van der Waals surface area contributed by atoms with Crippen LogP contribution in [0.1, 0.15) is 25.7 Å². The van der Waals surface area contributed by atoms with Crippen LogP contribution in [-0.2, 0) is 9.84 Å². The van der Waals surface area contributed by atoms with Crippen LogP contribution in [0.25, 0.3) is 0 Å². The number of halogens is 2. The second-order valence-electron chi connectivity index (χ2n) is 2.76. The van der Waals surface area contributed by atoms with Gasteiger partial charge < -0.3 is 0 Å². The van der Waals surface area contributed by atoms with Crippen LogP contribution in [-0.4, -0.2) is 14.9 Å². The molecule has 0 unspecified atom stereocenters. The van der Waals surface area contributed by atoms with E-state index in [-0.39, 0.29) is 6.51 Å². The van der Waals surface area contributed by atoms with Crippen LogP contribution < -0.4 is 0 Å². The molecule has 0 aromatic heterocycles. The lowest BCUT2D eigenvalue weighted by molar-refractivity contribution is 0.584. The molecule has 66 valence electrons. The third kappa shape index (κ3) is 2.43. The van der Waals surface area contributed by atoms with E-state index < -0.39 is 9.84 Å². The monoisotopic (exact) mass is 400 g/mol. The quantitative estimate of drug-likeness (QED) is 0.528. The van der Waals surface area contributed by atoms with E-state index in [0.29, 0.717) is 0 Å². The first-order valence-corrected chi connectivity index (χ1v) is 7.66. The van der Waals surface area contributed by atoms with Gasteiger partial charge in [-0.05, 0) is 12.8 Å². The molecule has 1 fully saturated rings. The van der Waals surface area contributed by atoms with E-state index >= 15 is 0 Å². The first-order chi connectivity index (χ1) is 5.05. The topological polar surface area (TPSA) is 34.1 Å². The van der Waals surface area contributed by atoms with Crippen LogP contribution in [0.5, 0.6) is 0 Å². The van der Waals surface area contributed by atoms with Gasteiger partial charge in [0, 0.05) is 0 Å². The van der Waals surface area contributed by atoms with Gasteiger partial charge in [-0.2, -0.15) is 0 Å². The Kier molecular flexibility index (Phi) is 3.89. The smallest absolute Gasteiger partial charge is 0.174 e. The predicted molar refractivity (Wildman–Crippen MR) is 63.0 cm³/mol. The zero-order chi connectivity index (χ0) is 8.48. The maximum absolute atomic E-state index is 11.5. The van der Waals surface area contributed by atoms with Gasteiger partial charge in [-0.15, -0.1) is 0 Å². The van der Waals surface area contributed by atoms with E-state index in [0.717, 1.165) is 25.7 Å². The van der Waals surface area contributed by atoms with Crippen molar-refractivity contribution in [2.24, 2.45) is 0 Å². The molecule has 2 nitrogen and oxygen atoms in total.